The van der Waals surface area contributed by atoms with Crippen LogP contribution in [0, 0.1) is 23.7 Å². The summed E-state index contributed by atoms with van der Waals surface area (Å²) >= 11 is 6.55. The zero-order valence-electron chi connectivity index (χ0n) is 45.3. The fourth-order valence-electron chi connectivity index (χ4n) is 11.1. The largest absolute Gasteiger partial charge is 0.491 e. The maximum atomic E-state index is 15.1. The van der Waals surface area contributed by atoms with Gasteiger partial charge in [-0.05, 0) is 71.5 Å². The molecule has 10 heteroatoms. The first-order valence-corrected chi connectivity index (χ1v) is 31.8. The average molecular weight is 1110 g/mol. The molecule has 0 unspecified atom stereocenters. The van der Waals surface area contributed by atoms with Gasteiger partial charge in [0, 0.05) is 65.0 Å². The molecule has 0 aliphatic rings. The van der Waals surface area contributed by atoms with E-state index in [0.29, 0.717) is 69.9 Å². The molecule has 7 aromatic carbocycles. The molecule has 11 aromatic rings. The lowest BCUT2D eigenvalue weighted by atomic mass is 9.95. The first kappa shape index (κ1) is 53.6. The van der Waals surface area contributed by atoms with E-state index in [2.05, 4.69) is 86.4 Å². The Morgan fingerprint density at radius 3 is 1.06 bits per heavy atom. The highest BCUT2D eigenvalue weighted by atomic mass is 32.1. The van der Waals surface area contributed by atoms with Crippen LogP contribution in [0.2, 0.25) is 0 Å². The summed E-state index contributed by atoms with van der Waals surface area (Å²) in [5, 5.41) is 13.3. The molecule has 0 saturated carbocycles. The maximum Gasteiger partial charge on any atom is 0.195 e. The lowest BCUT2D eigenvalue weighted by Gasteiger charge is -2.13. The molecule has 0 amide bonds. The Bertz CT molecular complexity index is 3790. The van der Waals surface area contributed by atoms with Crippen LogP contribution >= 0.6 is 45.3 Å². The van der Waals surface area contributed by atoms with Crippen molar-refractivity contribution in [2.24, 2.45) is 0 Å². The van der Waals surface area contributed by atoms with Crippen LogP contribution in [0.5, 0.6) is 23.0 Å². The summed E-state index contributed by atoms with van der Waals surface area (Å²) < 4.78 is 31.1. The van der Waals surface area contributed by atoms with Crippen LogP contribution in [0.4, 0.5) is 0 Å². The Balaban J connectivity index is 1.09. The van der Waals surface area contributed by atoms with Crippen LogP contribution in [0.15, 0.2) is 93.1 Å². The molecule has 0 N–H and O–H groups in total. The summed E-state index contributed by atoms with van der Waals surface area (Å²) in [6.07, 6.45) is 17.8. The zero-order valence-corrected chi connectivity index (χ0v) is 48.6. The highest BCUT2D eigenvalue weighted by molar-refractivity contribution is 7.22. The second-order valence-corrected chi connectivity index (χ2v) is 24.4. The van der Waals surface area contributed by atoms with Crippen LogP contribution in [0.25, 0.3) is 83.4 Å². The fraction of sp³-hybridized carbons (Fsp3) is 0.353. The molecule has 0 atom stereocenters. The van der Waals surface area contributed by atoms with Gasteiger partial charge in [-0.1, -0.05) is 177 Å². The minimum absolute atomic E-state index is 0.120. The molecule has 0 radical (unpaired) electrons. The molecule has 4 heterocycles. The Morgan fingerprint density at radius 2 is 0.705 bits per heavy atom. The van der Waals surface area contributed by atoms with Crippen molar-refractivity contribution in [3.05, 3.63) is 125 Å². The lowest BCUT2D eigenvalue weighted by Crippen LogP contribution is -2.01. The third kappa shape index (κ3) is 10.4. The maximum absolute atomic E-state index is 15.1. The molecule has 6 nitrogen and oxygen atoms in total. The van der Waals surface area contributed by atoms with Gasteiger partial charge in [-0.3, -0.25) is 9.59 Å². The minimum atomic E-state index is -0.120. The number of fused-ring (bicyclic) bond motifs is 10. The van der Waals surface area contributed by atoms with Gasteiger partial charge in [0.2, 0.25) is 0 Å². The van der Waals surface area contributed by atoms with E-state index in [4.69, 9.17) is 18.9 Å². The number of hydrogen-bond donors (Lipinski definition) is 0. The van der Waals surface area contributed by atoms with Gasteiger partial charge >= 0.3 is 0 Å². The van der Waals surface area contributed by atoms with Gasteiger partial charge in [0.1, 0.15) is 23.0 Å². The summed E-state index contributed by atoms with van der Waals surface area (Å²) in [6, 6.07) is 24.0. The molecule has 0 aliphatic carbocycles. The van der Waals surface area contributed by atoms with E-state index in [1.807, 2.05) is 48.5 Å². The molecular weight excluding hydrogens is 1040 g/mol. The highest BCUT2D eigenvalue weighted by Gasteiger charge is 2.27. The van der Waals surface area contributed by atoms with Crippen molar-refractivity contribution in [1.82, 2.24) is 0 Å². The smallest absolute Gasteiger partial charge is 0.195 e. The van der Waals surface area contributed by atoms with Crippen molar-refractivity contribution < 1.29 is 18.9 Å². The molecule has 0 spiro atoms. The molecular formula is C68H66O6S4. The van der Waals surface area contributed by atoms with E-state index in [1.165, 1.54) is 25.7 Å². The van der Waals surface area contributed by atoms with E-state index in [1.54, 1.807) is 45.3 Å². The lowest BCUT2D eigenvalue weighted by molar-refractivity contribution is 0.307. The molecule has 78 heavy (non-hydrogen) atoms. The number of benzene rings is 5. The van der Waals surface area contributed by atoms with Gasteiger partial charge in [-0.2, -0.15) is 0 Å². The van der Waals surface area contributed by atoms with Crippen molar-refractivity contribution in [3.63, 3.8) is 0 Å². The van der Waals surface area contributed by atoms with Gasteiger partial charge in [-0.15, -0.1) is 45.3 Å². The Morgan fingerprint density at radius 1 is 0.359 bits per heavy atom. The van der Waals surface area contributed by atoms with E-state index in [9.17, 15) is 0 Å². The predicted molar refractivity (Wildman–Crippen MR) is 336 cm³/mol. The highest BCUT2D eigenvalue weighted by Crippen LogP contribution is 2.51. The van der Waals surface area contributed by atoms with Crippen LogP contribution in [0.1, 0.15) is 151 Å². The number of thiophene rings is 4. The Labute approximate surface area is 473 Å². The van der Waals surface area contributed by atoms with Crippen LogP contribution in [-0.4, -0.2) is 26.4 Å². The number of unbranched alkanes of at least 4 members (excludes halogenated alkanes) is 12. The third-order valence-corrected chi connectivity index (χ3v) is 19.0. The number of ether oxygens (including phenoxy) is 4. The zero-order chi connectivity index (χ0) is 53.5. The van der Waals surface area contributed by atoms with E-state index in [-0.39, 0.29) is 10.9 Å². The summed E-state index contributed by atoms with van der Waals surface area (Å²) in [4.78, 5) is 31.9. The van der Waals surface area contributed by atoms with Crippen LogP contribution < -0.4 is 29.8 Å². The summed E-state index contributed by atoms with van der Waals surface area (Å²) in [6.45, 7) is 11.4. The Hall–Kier alpha value is -6.40. The topological polar surface area (TPSA) is 71.1 Å². The van der Waals surface area contributed by atoms with Gasteiger partial charge in [0.05, 0.1) is 55.0 Å². The number of hydrogen-bond acceptors (Lipinski definition) is 10. The predicted octanol–water partition coefficient (Wildman–Crippen LogP) is 19.4. The SMILES string of the molecule is CCCCCCOc1c2cc(C#Cc3c4c(=O)c5ccccc5c4c(C#Cc4cc5c(OCCCCCC)c6sccc6c(OCCCCCC)c5s4)c4c(=O)c5ccccc5c34)sc2c(OCCCCCC)c2ccsc12. The van der Waals surface area contributed by atoms with Crippen molar-refractivity contribution in [1.29, 1.82) is 0 Å². The van der Waals surface area contributed by atoms with Gasteiger partial charge < -0.3 is 18.9 Å². The van der Waals surface area contributed by atoms with Gasteiger partial charge in [-0.25, -0.2) is 0 Å². The molecule has 0 aliphatic heterocycles. The average Bonchev–Trinajstić information content (AvgIpc) is 4.53. The molecule has 0 fully saturated rings. The number of rotatable bonds is 24. The summed E-state index contributed by atoms with van der Waals surface area (Å²) in [7, 11) is 0. The first-order chi connectivity index (χ1) is 38.4. The molecule has 398 valence electrons. The summed E-state index contributed by atoms with van der Waals surface area (Å²) in [5.74, 6) is 17.8. The van der Waals surface area contributed by atoms with Gasteiger partial charge in [0.15, 0.2) is 10.9 Å². The molecule has 0 bridgehead atoms. The monoisotopic (exact) mass is 1110 g/mol. The summed E-state index contributed by atoms with van der Waals surface area (Å²) in [5.41, 5.74) is 0.855. The van der Waals surface area contributed by atoms with Crippen molar-refractivity contribution >= 4 is 129 Å². The molecule has 0 saturated heterocycles. The third-order valence-electron chi connectivity index (χ3n) is 15.0. The standard InChI is InChI=1S/C68H66O6S4/c1-5-9-13-21-35-71-61-51-33-39-75-65(51)63(73-37-23-15-11-7-3)53-41-43(77-67(53)61)29-31-49-55-45-25-17-19-27-47(45)60(70)58(55)50(56-46-26-18-20-28-48(46)59(69)57(49)56)32-30-44-42-54-64(74-38-24-16-12-8-4)66-52(34-40-76-66)62(68(54)78-44)72-36-22-14-10-6-2/h17-20,25-28,33-34,39-42H,5-16,21-24,35-38H2,1-4H3. The minimum Gasteiger partial charge on any atom is -0.491 e. The van der Waals surface area contributed by atoms with Crippen LogP contribution in [0.3, 0.4) is 0 Å². The van der Waals surface area contributed by atoms with Crippen LogP contribution in [-0.2, 0) is 0 Å². The molecule has 11 rings (SSSR count). The van der Waals surface area contributed by atoms with E-state index >= 15 is 9.59 Å². The second-order valence-electron chi connectivity index (χ2n) is 20.5. The van der Waals surface area contributed by atoms with Crippen molar-refractivity contribution in [3.8, 4) is 46.7 Å². The Kier molecular flexibility index (Phi) is 17.0. The first-order valence-electron chi connectivity index (χ1n) is 28.5. The van der Waals surface area contributed by atoms with Gasteiger partial charge in [0.25, 0.3) is 0 Å². The van der Waals surface area contributed by atoms with E-state index < -0.39 is 0 Å². The second kappa shape index (κ2) is 24.7. The van der Waals surface area contributed by atoms with Crippen molar-refractivity contribution in [2.75, 3.05) is 26.4 Å². The fourth-order valence-corrected chi connectivity index (χ4v) is 14.9. The van der Waals surface area contributed by atoms with Crippen molar-refractivity contribution in [2.45, 2.75) is 130 Å². The van der Waals surface area contributed by atoms with E-state index in [0.717, 1.165) is 161 Å². The molecule has 4 aromatic heterocycles. The quantitative estimate of drug-likeness (QED) is 0.0443. The normalized spacial score (nSPS) is 11.7.